The van der Waals surface area contributed by atoms with Gasteiger partial charge in [-0.25, -0.2) is 9.37 Å². The minimum Gasteiger partial charge on any atom is -0.398 e. The third-order valence-electron chi connectivity index (χ3n) is 2.68. The van der Waals surface area contributed by atoms with E-state index in [1.54, 1.807) is 13.0 Å². The van der Waals surface area contributed by atoms with E-state index >= 15 is 0 Å². The second-order valence-corrected chi connectivity index (χ2v) is 4.71. The van der Waals surface area contributed by atoms with Crippen LogP contribution in [-0.2, 0) is 6.54 Å². The topological polar surface area (TPSA) is 60.9 Å². The van der Waals surface area contributed by atoms with Crippen molar-refractivity contribution < 1.29 is 4.39 Å². The summed E-state index contributed by atoms with van der Waals surface area (Å²) in [7, 11) is 0. The average molecular weight is 312 g/mol. The minimum absolute atomic E-state index is 0.0651. The number of benzene rings is 1. The van der Waals surface area contributed by atoms with Gasteiger partial charge in [0.15, 0.2) is 0 Å². The summed E-state index contributed by atoms with van der Waals surface area (Å²) < 4.78 is 15.4. The van der Waals surface area contributed by atoms with Gasteiger partial charge in [-0.3, -0.25) is 9.36 Å². The number of halogens is 2. The Hall–Kier alpha value is -1.69. The Kier molecular flexibility index (Phi) is 3.47. The maximum atomic E-state index is 13.7. The van der Waals surface area contributed by atoms with E-state index in [1.807, 2.05) is 0 Å². The number of aromatic nitrogens is 2. The first kappa shape index (κ1) is 12.8. The molecule has 6 heteroatoms. The Bertz CT molecular complexity index is 634. The van der Waals surface area contributed by atoms with Crippen LogP contribution in [0, 0.1) is 12.7 Å². The molecule has 94 valence electrons. The molecule has 18 heavy (non-hydrogen) atoms. The van der Waals surface area contributed by atoms with Gasteiger partial charge < -0.3 is 5.73 Å². The summed E-state index contributed by atoms with van der Waals surface area (Å²) in [5, 5.41) is 0. The Morgan fingerprint density at radius 2 is 2.22 bits per heavy atom. The number of hydrogen-bond donors (Lipinski definition) is 1. The van der Waals surface area contributed by atoms with Gasteiger partial charge in [-0.15, -0.1) is 0 Å². The SMILES string of the molecule is Cc1ncc(Br)c(=O)n1Cc1c(N)cccc1F. The van der Waals surface area contributed by atoms with E-state index in [-0.39, 0.29) is 12.1 Å². The van der Waals surface area contributed by atoms with Gasteiger partial charge in [0.05, 0.1) is 6.54 Å². The molecular weight excluding hydrogens is 301 g/mol. The molecular formula is C12H11BrFN3O. The lowest BCUT2D eigenvalue weighted by molar-refractivity contribution is 0.590. The first-order valence-corrected chi connectivity index (χ1v) is 6.05. The molecule has 4 nitrogen and oxygen atoms in total. The Balaban J connectivity index is 2.53. The fourth-order valence-corrected chi connectivity index (χ4v) is 1.95. The van der Waals surface area contributed by atoms with Crippen molar-refractivity contribution in [3.8, 4) is 0 Å². The van der Waals surface area contributed by atoms with E-state index in [9.17, 15) is 9.18 Å². The number of anilines is 1. The van der Waals surface area contributed by atoms with Crippen LogP contribution in [0.15, 0.2) is 33.7 Å². The molecule has 0 radical (unpaired) electrons. The van der Waals surface area contributed by atoms with Crippen LogP contribution in [0.1, 0.15) is 11.4 Å². The summed E-state index contributed by atoms with van der Waals surface area (Å²) in [4.78, 5) is 16.0. The van der Waals surface area contributed by atoms with Crippen LogP contribution in [-0.4, -0.2) is 9.55 Å². The molecule has 0 spiro atoms. The van der Waals surface area contributed by atoms with Crippen molar-refractivity contribution in [1.82, 2.24) is 9.55 Å². The lowest BCUT2D eigenvalue weighted by Gasteiger charge is -2.11. The van der Waals surface area contributed by atoms with E-state index in [4.69, 9.17) is 5.73 Å². The Morgan fingerprint density at radius 3 is 2.89 bits per heavy atom. The standard InChI is InChI=1S/C12H11BrFN3O/c1-7-16-5-9(13)12(18)17(7)6-8-10(14)3-2-4-11(8)15/h2-5H,6,15H2,1H3. The molecule has 2 N–H and O–H groups in total. The predicted octanol–water partition coefficient (Wildman–Crippen LogP) is 2.08. The molecule has 0 aliphatic carbocycles. The fraction of sp³-hybridized carbons (Fsp3) is 0.167. The van der Waals surface area contributed by atoms with Gasteiger partial charge in [0.2, 0.25) is 0 Å². The van der Waals surface area contributed by atoms with Crippen LogP contribution in [0.3, 0.4) is 0 Å². The highest BCUT2D eigenvalue weighted by Gasteiger charge is 2.11. The van der Waals surface area contributed by atoms with Gasteiger partial charge in [-0.1, -0.05) is 6.07 Å². The highest BCUT2D eigenvalue weighted by molar-refractivity contribution is 9.10. The number of nitrogens with zero attached hydrogens (tertiary/aromatic N) is 2. The maximum Gasteiger partial charge on any atom is 0.268 e. The first-order valence-electron chi connectivity index (χ1n) is 5.25. The highest BCUT2D eigenvalue weighted by atomic mass is 79.9. The first-order chi connectivity index (χ1) is 8.50. The summed E-state index contributed by atoms with van der Waals surface area (Å²) in [5.74, 6) is 0.0760. The van der Waals surface area contributed by atoms with Crippen LogP contribution >= 0.6 is 15.9 Å². The Morgan fingerprint density at radius 1 is 1.50 bits per heavy atom. The largest absolute Gasteiger partial charge is 0.398 e. The van der Waals surface area contributed by atoms with E-state index < -0.39 is 5.82 Å². The number of nitrogen functional groups attached to an aromatic ring is 1. The highest BCUT2D eigenvalue weighted by Crippen LogP contribution is 2.17. The number of aryl methyl sites for hydroxylation is 1. The van der Waals surface area contributed by atoms with Crippen LogP contribution in [0.2, 0.25) is 0 Å². The van der Waals surface area contributed by atoms with Gasteiger partial charge in [0, 0.05) is 17.4 Å². The zero-order valence-electron chi connectivity index (χ0n) is 9.65. The molecule has 0 aliphatic heterocycles. The summed E-state index contributed by atoms with van der Waals surface area (Å²) in [6.45, 7) is 1.75. The van der Waals surface area contributed by atoms with Crippen LogP contribution < -0.4 is 11.3 Å². The Labute approximate surface area is 111 Å². The van der Waals surface area contributed by atoms with Crippen LogP contribution in [0.25, 0.3) is 0 Å². The van der Waals surface area contributed by atoms with Gasteiger partial charge in [0.25, 0.3) is 5.56 Å². The second kappa shape index (κ2) is 4.89. The molecule has 2 rings (SSSR count). The summed E-state index contributed by atoms with van der Waals surface area (Å²) >= 11 is 3.11. The monoisotopic (exact) mass is 311 g/mol. The van der Waals surface area contributed by atoms with Gasteiger partial charge in [-0.05, 0) is 35.0 Å². The molecule has 0 amide bonds. The van der Waals surface area contributed by atoms with E-state index in [2.05, 4.69) is 20.9 Å². The zero-order chi connectivity index (χ0) is 13.3. The van der Waals surface area contributed by atoms with Crippen molar-refractivity contribution in [2.75, 3.05) is 5.73 Å². The molecule has 1 heterocycles. The molecule has 0 aliphatic rings. The van der Waals surface area contributed by atoms with Crippen LogP contribution in [0.5, 0.6) is 0 Å². The van der Waals surface area contributed by atoms with Gasteiger partial charge >= 0.3 is 0 Å². The summed E-state index contributed by atoms with van der Waals surface area (Å²) in [6, 6.07) is 4.45. The lowest BCUT2D eigenvalue weighted by atomic mass is 10.1. The van der Waals surface area contributed by atoms with Crippen molar-refractivity contribution in [2.24, 2.45) is 0 Å². The van der Waals surface area contributed by atoms with E-state index in [0.717, 1.165) is 0 Å². The molecule has 0 unspecified atom stereocenters. The molecule has 0 fully saturated rings. The quantitative estimate of drug-likeness (QED) is 0.864. The fourth-order valence-electron chi connectivity index (χ4n) is 1.64. The normalized spacial score (nSPS) is 10.6. The number of nitrogens with two attached hydrogens (primary N) is 1. The average Bonchev–Trinajstić information content (AvgIpc) is 2.33. The smallest absolute Gasteiger partial charge is 0.268 e. The van der Waals surface area contributed by atoms with Crippen molar-refractivity contribution in [1.29, 1.82) is 0 Å². The molecule has 0 saturated carbocycles. The third kappa shape index (κ3) is 2.28. The lowest BCUT2D eigenvalue weighted by Crippen LogP contribution is -2.25. The summed E-state index contributed by atoms with van der Waals surface area (Å²) in [6.07, 6.45) is 1.43. The van der Waals surface area contributed by atoms with Crippen molar-refractivity contribution in [3.63, 3.8) is 0 Å². The van der Waals surface area contributed by atoms with Crippen molar-refractivity contribution >= 4 is 21.6 Å². The van der Waals surface area contributed by atoms with E-state index in [1.165, 1.54) is 22.9 Å². The van der Waals surface area contributed by atoms with E-state index in [0.29, 0.717) is 21.5 Å². The van der Waals surface area contributed by atoms with Gasteiger partial charge in [-0.2, -0.15) is 0 Å². The third-order valence-corrected chi connectivity index (χ3v) is 3.22. The molecule has 1 aromatic heterocycles. The molecule has 0 atom stereocenters. The van der Waals surface area contributed by atoms with Crippen LogP contribution in [0.4, 0.5) is 10.1 Å². The second-order valence-electron chi connectivity index (χ2n) is 3.85. The molecule has 0 saturated heterocycles. The maximum absolute atomic E-state index is 13.7. The number of rotatable bonds is 2. The summed E-state index contributed by atoms with van der Waals surface area (Å²) in [5.41, 5.74) is 6.08. The van der Waals surface area contributed by atoms with Crippen molar-refractivity contribution in [3.05, 3.63) is 56.4 Å². The molecule has 0 bridgehead atoms. The predicted molar refractivity (Wildman–Crippen MR) is 70.8 cm³/mol. The van der Waals surface area contributed by atoms with Gasteiger partial charge in [0.1, 0.15) is 16.1 Å². The zero-order valence-corrected chi connectivity index (χ0v) is 11.2. The minimum atomic E-state index is -0.429. The molecule has 2 aromatic rings. The van der Waals surface area contributed by atoms with Crippen molar-refractivity contribution in [2.45, 2.75) is 13.5 Å². The molecule has 1 aromatic carbocycles. The number of hydrogen-bond acceptors (Lipinski definition) is 3.